The molecule has 0 aromatic heterocycles. The van der Waals surface area contributed by atoms with Crippen LogP contribution in [-0.2, 0) is 9.63 Å². The Morgan fingerprint density at radius 3 is 2.68 bits per heavy atom. The maximum Gasteiger partial charge on any atom is 0.139 e. The molecule has 4 rings (SSSR count). The van der Waals surface area contributed by atoms with E-state index in [1.54, 1.807) is 5.57 Å². The van der Waals surface area contributed by atoms with Gasteiger partial charge >= 0.3 is 0 Å². The smallest absolute Gasteiger partial charge is 0.139 e. The molecule has 4 aliphatic rings. The lowest BCUT2D eigenvalue weighted by Gasteiger charge is -2.57. The first-order valence-corrected chi connectivity index (χ1v) is 10.4. The zero-order valence-corrected chi connectivity index (χ0v) is 16.1. The summed E-state index contributed by atoms with van der Waals surface area (Å²) in [6.45, 7) is 7.60. The van der Waals surface area contributed by atoms with Crippen molar-refractivity contribution < 1.29 is 9.63 Å². The fourth-order valence-corrected chi connectivity index (χ4v) is 6.63. The summed E-state index contributed by atoms with van der Waals surface area (Å²) in [4.78, 5) is 17.9. The number of carbonyl (C=O) groups is 1. The Kier molecular flexibility index (Phi) is 4.32. The molecule has 4 aliphatic carbocycles. The molecule has 0 spiro atoms. The summed E-state index contributed by atoms with van der Waals surface area (Å²) in [5, 5.41) is 4.37. The minimum Gasteiger partial charge on any atom is -0.396 e. The molecule has 0 aromatic rings. The fraction of sp³-hybridized carbons (Fsp3) is 0.818. The molecule has 3 nitrogen and oxygen atoms in total. The summed E-state index contributed by atoms with van der Waals surface area (Å²) in [7, 11) is 0. The van der Waals surface area contributed by atoms with Gasteiger partial charge in [-0.1, -0.05) is 31.5 Å². The summed E-state index contributed by atoms with van der Waals surface area (Å²) in [5.41, 5.74) is 3.05. The second kappa shape index (κ2) is 6.25. The Hall–Kier alpha value is -1.12. The van der Waals surface area contributed by atoms with Gasteiger partial charge in [-0.15, -0.1) is 0 Å². The van der Waals surface area contributed by atoms with Crippen molar-refractivity contribution in [3.8, 4) is 0 Å². The highest BCUT2D eigenvalue weighted by Gasteiger charge is 2.58. The second-order valence-electron chi connectivity index (χ2n) is 9.34. The monoisotopic (exact) mass is 343 g/mol. The average molecular weight is 344 g/mol. The van der Waals surface area contributed by atoms with E-state index in [9.17, 15) is 4.79 Å². The van der Waals surface area contributed by atoms with E-state index in [0.717, 1.165) is 49.7 Å². The molecule has 5 atom stereocenters. The van der Waals surface area contributed by atoms with Crippen molar-refractivity contribution in [2.45, 2.75) is 78.6 Å². The van der Waals surface area contributed by atoms with Crippen LogP contribution in [0.1, 0.15) is 78.6 Å². The van der Waals surface area contributed by atoms with Gasteiger partial charge in [0.15, 0.2) is 0 Å². The van der Waals surface area contributed by atoms with Crippen LogP contribution < -0.4 is 0 Å². The van der Waals surface area contributed by atoms with Crippen LogP contribution in [0.2, 0.25) is 0 Å². The van der Waals surface area contributed by atoms with Gasteiger partial charge in [0.2, 0.25) is 0 Å². The van der Waals surface area contributed by atoms with Crippen molar-refractivity contribution in [1.29, 1.82) is 0 Å². The number of Topliss-reactive ketones (excluding diaryl/α,β-unsaturated/α-hetero) is 1. The van der Waals surface area contributed by atoms with Crippen LogP contribution in [0.3, 0.4) is 0 Å². The van der Waals surface area contributed by atoms with Gasteiger partial charge in [0.05, 0.1) is 5.71 Å². The minimum atomic E-state index is -0.00593. The van der Waals surface area contributed by atoms with E-state index >= 15 is 0 Å². The van der Waals surface area contributed by atoms with E-state index < -0.39 is 0 Å². The SMILES string of the molecule is CCCON=C1C=C2CCC3C(CC[C@]4(C)C(=O)CCC34)[C@@]2(C)CC1. The lowest BCUT2D eigenvalue weighted by atomic mass is 9.47. The van der Waals surface area contributed by atoms with E-state index in [1.165, 1.54) is 25.7 Å². The Morgan fingerprint density at radius 1 is 1.08 bits per heavy atom. The van der Waals surface area contributed by atoms with Gasteiger partial charge in [0.1, 0.15) is 12.4 Å². The normalized spacial score (nSPS) is 44.8. The average Bonchev–Trinajstić information content (AvgIpc) is 2.90. The third-order valence-electron chi connectivity index (χ3n) is 8.16. The molecule has 3 fully saturated rings. The quantitative estimate of drug-likeness (QED) is 0.515. The van der Waals surface area contributed by atoms with Crippen LogP contribution in [0.4, 0.5) is 0 Å². The van der Waals surface area contributed by atoms with E-state index in [-0.39, 0.29) is 5.41 Å². The Bertz CT molecular complexity index is 622. The molecule has 0 heterocycles. The third kappa shape index (κ3) is 2.61. The lowest BCUT2D eigenvalue weighted by Crippen LogP contribution is -2.50. The molecule has 0 radical (unpaired) electrons. The van der Waals surface area contributed by atoms with E-state index in [2.05, 4.69) is 32.0 Å². The van der Waals surface area contributed by atoms with Crippen LogP contribution in [0.15, 0.2) is 16.8 Å². The summed E-state index contributed by atoms with van der Waals surface area (Å²) in [6, 6.07) is 0. The van der Waals surface area contributed by atoms with E-state index in [1.807, 2.05) is 0 Å². The molecule has 25 heavy (non-hydrogen) atoms. The molecule has 3 heteroatoms. The molecule has 3 unspecified atom stereocenters. The highest BCUT2D eigenvalue weighted by atomic mass is 16.6. The molecule has 0 saturated heterocycles. The molecule has 3 saturated carbocycles. The van der Waals surface area contributed by atoms with Crippen molar-refractivity contribution in [3.05, 3.63) is 11.6 Å². The Labute approximate surface area is 152 Å². The highest BCUT2D eigenvalue weighted by Crippen LogP contribution is 2.64. The van der Waals surface area contributed by atoms with Crippen molar-refractivity contribution in [1.82, 2.24) is 0 Å². The number of rotatable bonds is 3. The van der Waals surface area contributed by atoms with Crippen LogP contribution >= 0.6 is 0 Å². The Balaban J connectivity index is 1.58. The van der Waals surface area contributed by atoms with Crippen LogP contribution in [-0.4, -0.2) is 18.1 Å². The van der Waals surface area contributed by atoms with Crippen molar-refractivity contribution in [2.24, 2.45) is 33.7 Å². The molecule has 0 aliphatic heterocycles. The summed E-state index contributed by atoms with van der Waals surface area (Å²) in [6.07, 6.45) is 12.4. The first-order chi connectivity index (χ1) is 12.0. The number of hydrogen-bond donors (Lipinski definition) is 0. The summed E-state index contributed by atoms with van der Waals surface area (Å²) in [5.74, 6) is 2.70. The van der Waals surface area contributed by atoms with Gasteiger partial charge in [-0.3, -0.25) is 4.79 Å². The molecule has 0 N–H and O–H groups in total. The molecule has 138 valence electrons. The molecule has 0 bridgehead atoms. The van der Waals surface area contributed by atoms with Gasteiger partial charge in [0, 0.05) is 11.8 Å². The largest absolute Gasteiger partial charge is 0.396 e. The second-order valence-corrected chi connectivity index (χ2v) is 9.34. The van der Waals surface area contributed by atoms with Gasteiger partial charge in [-0.2, -0.15) is 0 Å². The van der Waals surface area contributed by atoms with Crippen molar-refractivity contribution in [3.63, 3.8) is 0 Å². The molecular formula is C22H33NO2. The van der Waals surface area contributed by atoms with Crippen LogP contribution in [0.25, 0.3) is 0 Å². The third-order valence-corrected chi connectivity index (χ3v) is 8.16. The number of allylic oxidation sites excluding steroid dienone is 2. The lowest BCUT2D eigenvalue weighted by molar-refractivity contribution is -0.132. The maximum absolute atomic E-state index is 12.5. The number of nitrogens with zero attached hydrogens (tertiary/aromatic N) is 1. The standard InChI is InChI=1S/C22H33NO2/c1-4-13-25-23-16-9-11-21(2)15(14-16)5-6-17-18-7-8-20(24)22(18,3)12-10-19(17)21/h14,17-19H,4-13H2,1-3H3/t17?,18?,19?,21-,22-/m0/s1. The zero-order valence-electron chi connectivity index (χ0n) is 16.1. The number of oxime groups is 1. The first kappa shape index (κ1) is 17.3. The summed E-state index contributed by atoms with van der Waals surface area (Å²) < 4.78 is 0. The number of ketones is 1. The summed E-state index contributed by atoms with van der Waals surface area (Å²) >= 11 is 0. The maximum atomic E-state index is 12.5. The molecule has 0 aromatic carbocycles. The van der Waals surface area contributed by atoms with Crippen molar-refractivity contribution in [2.75, 3.05) is 6.61 Å². The van der Waals surface area contributed by atoms with Crippen molar-refractivity contribution >= 4 is 11.5 Å². The van der Waals surface area contributed by atoms with E-state index in [0.29, 0.717) is 23.7 Å². The van der Waals surface area contributed by atoms with Gasteiger partial charge < -0.3 is 4.84 Å². The predicted octanol–water partition coefficient (Wildman–Crippen LogP) is 5.30. The molecular weight excluding hydrogens is 310 g/mol. The van der Waals surface area contributed by atoms with Gasteiger partial charge in [-0.25, -0.2) is 0 Å². The highest BCUT2D eigenvalue weighted by molar-refractivity contribution is 5.96. The zero-order chi connectivity index (χ0) is 17.7. The number of hydrogen-bond acceptors (Lipinski definition) is 3. The number of carbonyl (C=O) groups excluding carboxylic acids is 1. The first-order valence-electron chi connectivity index (χ1n) is 10.4. The van der Waals surface area contributed by atoms with E-state index in [4.69, 9.17) is 4.84 Å². The van der Waals surface area contributed by atoms with Crippen LogP contribution in [0.5, 0.6) is 0 Å². The fourth-order valence-electron chi connectivity index (χ4n) is 6.63. The predicted molar refractivity (Wildman–Crippen MR) is 100 cm³/mol. The topological polar surface area (TPSA) is 38.7 Å². The Morgan fingerprint density at radius 2 is 1.88 bits per heavy atom. The van der Waals surface area contributed by atoms with Crippen LogP contribution in [0, 0.1) is 28.6 Å². The minimum absolute atomic E-state index is 0.00593. The van der Waals surface area contributed by atoms with Gasteiger partial charge in [0.25, 0.3) is 0 Å². The number of fused-ring (bicyclic) bond motifs is 5. The van der Waals surface area contributed by atoms with Gasteiger partial charge in [-0.05, 0) is 80.6 Å². The molecule has 0 amide bonds.